The van der Waals surface area contributed by atoms with Gasteiger partial charge < -0.3 is 20.1 Å². The first-order valence-corrected chi connectivity index (χ1v) is 7.37. The zero-order chi connectivity index (χ0) is 17.0. The molecule has 0 spiro atoms. The van der Waals surface area contributed by atoms with E-state index in [2.05, 4.69) is 10.1 Å². The van der Waals surface area contributed by atoms with Gasteiger partial charge in [-0.2, -0.15) is 0 Å². The van der Waals surface area contributed by atoms with Crippen LogP contribution in [0.25, 0.3) is 0 Å². The summed E-state index contributed by atoms with van der Waals surface area (Å²) in [5.41, 5.74) is 0.927. The summed E-state index contributed by atoms with van der Waals surface area (Å²) in [6.45, 7) is 2.65. The molecular formula is C16H20N2O5. The van der Waals surface area contributed by atoms with Crippen molar-refractivity contribution in [1.29, 1.82) is 0 Å². The van der Waals surface area contributed by atoms with Crippen molar-refractivity contribution >= 4 is 23.7 Å². The Labute approximate surface area is 134 Å². The summed E-state index contributed by atoms with van der Waals surface area (Å²) >= 11 is 0. The van der Waals surface area contributed by atoms with Gasteiger partial charge in [-0.05, 0) is 36.6 Å². The van der Waals surface area contributed by atoms with E-state index >= 15 is 0 Å². The maximum absolute atomic E-state index is 12.3. The van der Waals surface area contributed by atoms with Crippen molar-refractivity contribution in [3.8, 4) is 0 Å². The van der Waals surface area contributed by atoms with Crippen LogP contribution in [0, 0.1) is 11.8 Å². The third-order valence-electron chi connectivity index (χ3n) is 3.85. The number of hydrogen-bond acceptors (Lipinski definition) is 4. The van der Waals surface area contributed by atoms with Crippen LogP contribution in [0.1, 0.15) is 23.7 Å². The second kappa shape index (κ2) is 7.13. The maximum atomic E-state index is 12.3. The van der Waals surface area contributed by atoms with Crippen LogP contribution in [0.4, 0.5) is 10.5 Å². The molecule has 1 heterocycles. The molecule has 1 fully saturated rings. The summed E-state index contributed by atoms with van der Waals surface area (Å²) in [7, 11) is 1.30. The number of esters is 1. The summed E-state index contributed by atoms with van der Waals surface area (Å²) in [6, 6.07) is 5.98. The van der Waals surface area contributed by atoms with Crippen LogP contribution >= 0.6 is 0 Å². The van der Waals surface area contributed by atoms with Crippen molar-refractivity contribution in [3.63, 3.8) is 0 Å². The Morgan fingerprint density at radius 3 is 2.43 bits per heavy atom. The Balaban J connectivity index is 2.00. The molecule has 1 aliphatic heterocycles. The van der Waals surface area contributed by atoms with Crippen molar-refractivity contribution < 1.29 is 24.2 Å². The van der Waals surface area contributed by atoms with Crippen LogP contribution in [0.15, 0.2) is 24.3 Å². The minimum Gasteiger partial charge on any atom is -0.481 e. The highest BCUT2D eigenvalue weighted by atomic mass is 16.5. The van der Waals surface area contributed by atoms with Crippen molar-refractivity contribution in [2.45, 2.75) is 13.3 Å². The molecule has 0 bridgehead atoms. The number of carboxylic acid groups (broad SMARTS) is 1. The van der Waals surface area contributed by atoms with Crippen molar-refractivity contribution in [2.75, 3.05) is 25.5 Å². The number of aliphatic carboxylic acids is 1. The van der Waals surface area contributed by atoms with E-state index in [9.17, 15) is 14.4 Å². The summed E-state index contributed by atoms with van der Waals surface area (Å²) < 4.78 is 4.61. The lowest BCUT2D eigenvalue weighted by Gasteiger charge is -2.34. The number of nitrogens with zero attached hydrogens (tertiary/aromatic N) is 1. The first-order valence-electron chi connectivity index (χ1n) is 7.37. The van der Waals surface area contributed by atoms with Crippen molar-refractivity contribution in [2.24, 2.45) is 11.8 Å². The van der Waals surface area contributed by atoms with Gasteiger partial charge in [0.05, 0.1) is 18.6 Å². The maximum Gasteiger partial charge on any atom is 0.337 e. The molecule has 2 rings (SSSR count). The molecule has 2 atom stereocenters. The van der Waals surface area contributed by atoms with Crippen LogP contribution in [-0.4, -0.2) is 48.2 Å². The molecule has 0 aliphatic carbocycles. The highest BCUT2D eigenvalue weighted by Crippen LogP contribution is 2.22. The van der Waals surface area contributed by atoms with Crippen molar-refractivity contribution in [3.05, 3.63) is 29.8 Å². The molecule has 0 radical (unpaired) electrons. The summed E-state index contributed by atoms with van der Waals surface area (Å²) in [5, 5.41) is 11.9. The van der Waals surface area contributed by atoms with E-state index in [1.165, 1.54) is 12.0 Å². The molecule has 1 saturated heterocycles. The minimum absolute atomic E-state index is 0.136. The second-order valence-electron chi connectivity index (χ2n) is 5.78. The largest absolute Gasteiger partial charge is 0.481 e. The van der Waals surface area contributed by atoms with E-state index in [1.807, 2.05) is 6.92 Å². The highest BCUT2D eigenvalue weighted by Gasteiger charge is 2.31. The molecule has 2 amide bonds. The molecule has 0 aromatic heterocycles. The number of benzene rings is 1. The zero-order valence-electron chi connectivity index (χ0n) is 13.1. The Hall–Kier alpha value is -2.57. The van der Waals surface area contributed by atoms with Crippen LogP contribution in [0.5, 0.6) is 0 Å². The number of carbonyl (C=O) groups excluding carboxylic acids is 2. The molecule has 2 unspecified atom stereocenters. The van der Waals surface area contributed by atoms with Crippen LogP contribution in [0.3, 0.4) is 0 Å². The number of piperidine rings is 1. The normalized spacial score (nSPS) is 20.7. The van der Waals surface area contributed by atoms with Crippen LogP contribution < -0.4 is 5.32 Å². The Morgan fingerprint density at radius 1 is 1.22 bits per heavy atom. The predicted molar refractivity (Wildman–Crippen MR) is 83.3 cm³/mol. The van der Waals surface area contributed by atoms with Gasteiger partial charge in [-0.25, -0.2) is 9.59 Å². The first-order chi connectivity index (χ1) is 10.9. The lowest BCUT2D eigenvalue weighted by atomic mass is 9.91. The smallest absolute Gasteiger partial charge is 0.337 e. The number of ether oxygens (including phenoxy) is 1. The van der Waals surface area contributed by atoms with Gasteiger partial charge in [0.15, 0.2) is 0 Å². The highest BCUT2D eigenvalue weighted by molar-refractivity contribution is 5.92. The number of nitrogens with one attached hydrogen (secondary N) is 1. The second-order valence-corrected chi connectivity index (χ2v) is 5.78. The van der Waals surface area contributed by atoms with Crippen molar-refractivity contribution in [1.82, 2.24) is 4.90 Å². The fourth-order valence-electron chi connectivity index (χ4n) is 2.71. The standard InChI is InChI=1S/C16H20N2O5/c1-10-7-12(14(19)20)9-18(8-10)16(22)17-13-5-3-11(4-6-13)15(21)23-2/h3-6,10,12H,7-9H2,1-2H3,(H,17,22)(H,19,20). The number of amides is 2. The SMILES string of the molecule is COC(=O)c1ccc(NC(=O)N2CC(C)CC(C(=O)O)C2)cc1. The fourth-order valence-corrected chi connectivity index (χ4v) is 2.71. The van der Waals surface area contributed by atoms with E-state index < -0.39 is 17.9 Å². The van der Waals surface area contributed by atoms with Gasteiger partial charge in [0, 0.05) is 18.8 Å². The monoisotopic (exact) mass is 320 g/mol. The van der Waals surface area contributed by atoms with Crippen LogP contribution in [0.2, 0.25) is 0 Å². The molecule has 0 saturated carbocycles. The van der Waals surface area contributed by atoms with Gasteiger partial charge in [0.1, 0.15) is 0 Å². The van der Waals surface area contributed by atoms with E-state index in [0.29, 0.717) is 24.2 Å². The molecule has 1 aromatic rings. The Bertz CT molecular complexity index is 599. The summed E-state index contributed by atoms with van der Waals surface area (Å²) in [4.78, 5) is 36.3. The number of likely N-dealkylation sites (tertiary alicyclic amines) is 1. The summed E-state index contributed by atoms with van der Waals surface area (Å²) in [5.74, 6) is -1.72. The molecule has 2 N–H and O–H groups in total. The first kappa shape index (κ1) is 16.8. The van der Waals surface area contributed by atoms with Gasteiger partial charge in [-0.3, -0.25) is 4.79 Å². The number of hydrogen-bond donors (Lipinski definition) is 2. The molecule has 23 heavy (non-hydrogen) atoms. The molecular weight excluding hydrogens is 300 g/mol. The van der Waals surface area contributed by atoms with Gasteiger partial charge >= 0.3 is 18.0 Å². The van der Waals surface area contributed by atoms with E-state index in [4.69, 9.17) is 5.11 Å². The number of rotatable bonds is 3. The fraction of sp³-hybridized carbons (Fsp3) is 0.438. The number of methoxy groups -OCH3 is 1. The molecule has 7 heteroatoms. The van der Waals surface area contributed by atoms with Gasteiger partial charge in [0.2, 0.25) is 0 Å². The number of carbonyl (C=O) groups is 3. The van der Waals surface area contributed by atoms with Crippen LogP contribution in [-0.2, 0) is 9.53 Å². The van der Waals surface area contributed by atoms with Gasteiger partial charge in [0.25, 0.3) is 0 Å². The van der Waals surface area contributed by atoms with Gasteiger partial charge in [-0.15, -0.1) is 0 Å². The quantitative estimate of drug-likeness (QED) is 0.831. The van der Waals surface area contributed by atoms with E-state index in [1.54, 1.807) is 24.3 Å². The predicted octanol–water partition coefficient (Wildman–Crippen LogP) is 2.05. The average molecular weight is 320 g/mol. The third-order valence-corrected chi connectivity index (χ3v) is 3.85. The number of carboxylic acids is 1. The summed E-state index contributed by atoms with van der Waals surface area (Å²) in [6.07, 6.45) is 0.576. The number of anilines is 1. The Morgan fingerprint density at radius 2 is 1.87 bits per heavy atom. The number of urea groups is 1. The lowest BCUT2D eigenvalue weighted by molar-refractivity contribution is -0.143. The third kappa shape index (κ3) is 4.21. The molecule has 124 valence electrons. The lowest BCUT2D eigenvalue weighted by Crippen LogP contribution is -2.47. The topological polar surface area (TPSA) is 95.9 Å². The molecule has 1 aliphatic rings. The molecule has 7 nitrogen and oxygen atoms in total. The Kier molecular flexibility index (Phi) is 5.20. The van der Waals surface area contributed by atoms with E-state index in [-0.39, 0.29) is 18.5 Å². The minimum atomic E-state index is -0.878. The molecule has 1 aromatic carbocycles. The average Bonchev–Trinajstić information content (AvgIpc) is 2.54. The van der Waals surface area contributed by atoms with E-state index in [0.717, 1.165) is 0 Å². The zero-order valence-corrected chi connectivity index (χ0v) is 13.1. The van der Waals surface area contributed by atoms with Gasteiger partial charge in [-0.1, -0.05) is 6.92 Å².